The molecule has 0 bridgehead atoms. The topological polar surface area (TPSA) is 24.5 Å². The summed E-state index contributed by atoms with van der Waals surface area (Å²) in [6.07, 6.45) is 1.10. The molecule has 1 N–H and O–H groups in total. The predicted octanol–water partition coefficient (Wildman–Crippen LogP) is 2.19. The SMILES string of the molecule is COc1cccc(F)c1C(C)N1CCCNCC1. The van der Waals surface area contributed by atoms with Gasteiger partial charge in [0.25, 0.3) is 0 Å². The molecule has 1 atom stereocenters. The first-order valence-corrected chi connectivity index (χ1v) is 6.51. The molecule has 0 spiro atoms. The summed E-state index contributed by atoms with van der Waals surface area (Å²) in [5.41, 5.74) is 0.668. The Kier molecular flexibility index (Phi) is 4.55. The van der Waals surface area contributed by atoms with Gasteiger partial charge in [0, 0.05) is 31.2 Å². The van der Waals surface area contributed by atoms with Crippen molar-refractivity contribution in [1.82, 2.24) is 10.2 Å². The molecule has 2 rings (SSSR count). The van der Waals surface area contributed by atoms with E-state index >= 15 is 0 Å². The van der Waals surface area contributed by atoms with Crippen LogP contribution >= 0.6 is 0 Å². The molecule has 0 aromatic heterocycles. The number of benzene rings is 1. The quantitative estimate of drug-likeness (QED) is 0.892. The van der Waals surface area contributed by atoms with Crippen LogP contribution < -0.4 is 10.1 Å². The van der Waals surface area contributed by atoms with Gasteiger partial charge in [0.2, 0.25) is 0 Å². The summed E-state index contributed by atoms with van der Waals surface area (Å²) >= 11 is 0. The van der Waals surface area contributed by atoms with E-state index in [1.807, 2.05) is 13.0 Å². The zero-order valence-electron chi connectivity index (χ0n) is 11.1. The average Bonchev–Trinajstić information content (AvgIpc) is 2.66. The molecule has 1 aliphatic heterocycles. The van der Waals surface area contributed by atoms with E-state index in [-0.39, 0.29) is 11.9 Å². The fraction of sp³-hybridized carbons (Fsp3) is 0.571. The van der Waals surface area contributed by atoms with Crippen LogP contribution in [0.5, 0.6) is 5.75 Å². The summed E-state index contributed by atoms with van der Waals surface area (Å²) < 4.78 is 19.3. The minimum Gasteiger partial charge on any atom is -0.496 e. The van der Waals surface area contributed by atoms with Crippen LogP contribution in [0.4, 0.5) is 4.39 Å². The Morgan fingerprint density at radius 2 is 2.17 bits per heavy atom. The Labute approximate surface area is 108 Å². The van der Waals surface area contributed by atoms with Crippen LogP contribution in [0.25, 0.3) is 0 Å². The molecule has 4 heteroatoms. The fourth-order valence-electron chi connectivity index (χ4n) is 2.54. The molecular weight excluding hydrogens is 231 g/mol. The van der Waals surface area contributed by atoms with Crippen LogP contribution in [0, 0.1) is 5.82 Å². The van der Waals surface area contributed by atoms with Gasteiger partial charge in [0.05, 0.1) is 7.11 Å². The van der Waals surface area contributed by atoms with Crippen LogP contribution in [-0.4, -0.2) is 38.2 Å². The zero-order chi connectivity index (χ0) is 13.0. The van der Waals surface area contributed by atoms with E-state index in [0.717, 1.165) is 32.6 Å². The Bertz CT molecular complexity index is 389. The molecule has 1 saturated heterocycles. The first-order chi connectivity index (χ1) is 8.74. The highest BCUT2D eigenvalue weighted by molar-refractivity contribution is 5.37. The number of hydrogen-bond donors (Lipinski definition) is 1. The summed E-state index contributed by atoms with van der Waals surface area (Å²) in [5, 5.41) is 3.36. The monoisotopic (exact) mass is 252 g/mol. The molecule has 0 aliphatic carbocycles. The standard InChI is InChI=1S/C14H21FN2O/c1-11(17-9-4-7-16-8-10-17)14-12(15)5-3-6-13(14)18-2/h3,5-6,11,16H,4,7-10H2,1-2H3. The van der Waals surface area contributed by atoms with Crippen LogP contribution in [0.2, 0.25) is 0 Å². The van der Waals surface area contributed by atoms with Crippen molar-refractivity contribution in [3.05, 3.63) is 29.6 Å². The molecule has 3 nitrogen and oxygen atoms in total. The van der Waals surface area contributed by atoms with E-state index in [9.17, 15) is 4.39 Å². The van der Waals surface area contributed by atoms with Gasteiger partial charge in [0.15, 0.2) is 0 Å². The second-order valence-electron chi connectivity index (χ2n) is 4.67. The second-order valence-corrected chi connectivity index (χ2v) is 4.67. The molecule has 1 heterocycles. The van der Waals surface area contributed by atoms with Crippen LogP contribution in [0.3, 0.4) is 0 Å². The Balaban J connectivity index is 2.23. The normalized spacial score (nSPS) is 19.3. The molecule has 1 fully saturated rings. The highest BCUT2D eigenvalue weighted by atomic mass is 19.1. The first kappa shape index (κ1) is 13.3. The summed E-state index contributed by atoms with van der Waals surface area (Å²) in [5.74, 6) is 0.457. The average molecular weight is 252 g/mol. The van der Waals surface area contributed by atoms with Gasteiger partial charge in [-0.3, -0.25) is 4.90 Å². The molecule has 1 unspecified atom stereocenters. The van der Waals surface area contributed by atoms with Crippen molar-refractivity contribution in [3.8, 4) is 5.75 Å². The van der Waals surface area contributed by atoms with Crippen molar-refractivity contribution in [2.75, 3.05) is 33.3 Å². The maximum atomic E-state index is 14.0. The lowest BCUT2D eigenvalue weighted by Crippen LogP contribution is -2.31. The number of methoxy groups -OCH3 is 1. The lowest BCUT2D eigenvalue weighted by Gasteiger charge is -2.28. The third-order valence-corrected chi connectivity index (χ3v) is 3.57. The van der Waals surface area contributed by atoms with E-state index in [0.29, 0.717) is 11.3 Å². The van der Waals surface area contributed by atoms with Crippen molar-refractivity contribution in [1.29, 1.82) is 0 Å². The number of nitrogens with one attached hydrogen (secondary N) is 1. The number of halogens is 1. The maximum absolute atomic E-state index is 14.0. The van der Waals surface area contributed by atoms with Crippen molar-refractivity contribution in [2.45, 2.75) is 19.4 Å². The molecule has 0 saturated carbocycles. The fourth-order valence-corrected chi connectivity index (χ4v) is 2.54. The van der Waals surface area contributed by atoms with E-state index < -0.39 is 0 Å². The van der Waals surface area contributed by atoms with E-state index in [1.54, 1.807) is 13.2 Å². The molecular formula is C14H21FN2O. The van der Waals surface area contributed by atoms with Gasteiger partial charge in [-0.15, -0.1) is 0 Å². The highest BCUT2D eigenvalue weighted by Gasteiger charge is 2.23. The summed E-state index contributed by atoms with van der Waals surface area (Å²) in [7, 11) is 1.59. The summed E-state index contributed by atoms with van der Waals surface area (Å²) in [6.45, 7) is 5.98. The van der Waals surface area contributed by atoms with Crippen molar-refractivity contribution in [3.63, 3.8) is 0 Å². The van der Waals surface area contributed by atoms with Crippen molar-refractivity contribution < 1.29 is 9.13 Å². The maximum Gasteiger partial charge on any atom is 0.131 e. The third kappa shape index (κ3) is 2.82. The Morgan fingerprint density at radius 3 is 2.94 bits per heavy atom. The molecule has 100 valence electrons. The molecule has 18 heavy (non-hydrogen) atoms. The molecule has 1 aliphatic rings. The van der Waals surface area contributed by atoms with Crippen LogP contribution in [0.1, 0.15) is 24.9 Å². The minimum absolute atomic E-state index is 0.0426. The lowest BCUT2D eigenvalue weighted by molar-refractivity contribution is 0.216. The largest absolute Gasteiger partial charge is 0.496 e. The van der Waals surface area contributed by atoms with Crippen LogP contribution in [-0.2, 0) is 0 Å². The van der Waals surface area contributed by atoms with Gasteiger partial charge >= 0.3 is 0 Å². The highest BCUT2D eigenvalue weighted by Crippen LogP contribution is 2.31. The van der Waals surface area contributed by atoms with Gasteiger partial charge in [-0.1, -0.05) is 6.07 Å². The smallest absolute Gasteiger partial charge is 0.131 e. The molecule has 0 radical (unpaired) electrons. The van der Waals surface area contributed by atoms with E-state index in [4.69, 9.17) is 4.74 Å². The van der Waals surface area contributed by atoms with Gasteiger partial charge < -0.3 is 10.1 Å². The predicted molar refractivity (Wildman–Crippen MR) is 70.4 cm³/mol. The molecule has 1 aromatic rings. The van der Waals surface area contributed by atoms with Crippen LogP contribution in [0.15, 0.2) is 18.2 Å². The van der Waals surface area contributed by atoms with Gasteiger partial charge in [-0.25, -0.2) is 4.39 Å². The Morgan fingerprint density at radius 1 is 1.33 bits per heavy atom. The van der Waals surface area contributed by atoms with E-state index in [1.165, 1.54) is 6.07 Å². The Hall–Kier alpha value is -1.13. The van der Waals surface area contributed by atoms with Gasteiger partial charge in [-0.05, 0) is 32.0 Å². The zero-order valence-corrected chi connectivity index (χ0v) is 11.1. The van der Waals surface area contributed by atoms with Gasteiger partial charge in [0.1, 0.15) is 11.6 Å². The molecule has 1 aromatic carbocycles. The third-order valence-electron chi connectivity index (χ3n) is 3.57. The number of nitrogens with zero attached hydrogens (tertiary/aromatic N) is 1. The number of ether oxygens (including phenoxy) is 1. The summed E-state index contributed by atoms with van der Waals surface area (Å²) in [6, 6.07) is 5.06. The minimum atomic E-state index is -0.181. The van der Waals surface area contributed by atoms with Gasteiger partial charge in [-0.2, -0.15) is 0 Å². The summed E-state index contributed by atoms with van der Waals surface area (Å²) in [4.78, 5) is 2.31. The number of rotatable bonds is 3. The second kappa shape index (κ2) is 6.16. The first-order valence-electron chi connectivity index (χ1n) is 6.51. The molecule has 0 amide bonds. The lowest BCUT2D eigenvalue weighted by atomic mass is 10.0. The van der Waals surface area contributed by atoms with Crippen molar-refractivity contribution >= 4 is 0 Å². The number of hydrogen-bond acceptors (Lipinski definition) is 3. The van der Waals surface area contributed by atoms with Crippen molar-refractivity contribution in [2.24, 2.45) is 0 Å². The van der Waals surface area contributed by atoms with E-state index in [2.05, 4.69) is 10.2 Å².